The third-order valence-electron chi connectivity index (χ3n) is 7.58. The number of hydrogen-bond acceptors (Lipinski definition) is 3. The molecule has 2 aliphatic carbocycles. The zero-order valence-electron chi connectivity index (χ0n) is 18.6. The lowest BCUT2D eigenvalue weighted by atomic mass is 9.82. The summed E-state index contributed by atoms with van der Waals surface area (Å²) in [5, 5.41) is 0. The highest BCUT2D eigenvalue weighted by Gasteiger charge is 2.62. The Balaban J connectivity index is 1.50. The number of nitrogens with one attached hydrogen (secondary N) is 1. The number of rotatable bonds is 7. The Morgan fingerprint density at radius 3 is 2.41 bits per heavy atom. The second-order valence-corrected chi connectivity index (χ2v) is 11.5. The number of alkyl halides is 2. The van der Waals surface area contributed by atoms with Crippen LogP contribution in [0.3, 0.4) is 0 Å². The largest absolute Gasteiger partial charge is 0.337 e. The van der Waals surface area contributed by atoms with Gasteiger partial charge in [-0.1, -0.05) is 48.5 Å². The Morgan fingerprint density at radius 1 is 1.09 bits per heavy atom. The van der Waals surface area contributed by atoms with Crippen LogP contribution in [-0.2, 0) is 21.2 Å². The summed E-state index contributed by atoms with van der Waals surface area (Å²) < 4.78 is 69.1. The summed E-state index contributed by atoms with van der Waals surface area (Å²) in [5.41, 5.74) is 0.978. The number of amides is 1. The molecule has 182 valence electrons. The molecule has 1 heterocycles. The monoisotopic (exact) mass is 492 g/mol. The van der Waals surface area contributed by atoms with Crippen LogP contribution in [0.5, 0.6) is 0 Å². The smallest absolute Gasteiger partial charge is 0.241 e. The van der Waals surface area contributed by atoms with Gasteiger partial charge in [0.15, 0.2) is 0 Å². The van der Waals surface area contributed by atoms with Crippen molar-refractivity contribution in [2.75, 3.05) is 12.6 Å². The van der Waals surface area contributed by atoms with Gasteiger partial charge in [-0.2, -0.15) is 0 Å². The molecule has 5 nitrogen and oxygen atoms in total. The van der Waals surface area contributed by atoms with E-state index in [9.17, 15) is 22.0 Å². The first-order valence-corrected chi connectivity index (χ1v) is 13.2. The predicted molar refractivity (Wildman–Crippen MR) is 122 cm³/mol. The molecule has 2 atom stereocenters. The van der Waals surface area contributed by atoms with Crippen LogP contribution in [0.4, 0.5) is 13.2 Å². The first kappa shape index (κ1) is 23.4. The van der Waals surface area contributed by atoms with E-state index in [-0.39, 0.29) is 25.2 Å². The van der Waals surface area contributed by atoms with Crippen molar-refractivity contribution < 1.29 is 26.4 Å². The van der Waals surface area contributed by atoms with E-state index in [0.717, 1.165) is 0 Å². The molecule has 2 aromatic carbocycles. The van der Waals surface area contributed by atoms with Crippen molar-refractivity contribution in [3.8, 4) is 11.1 Å². The Morgan fingerprint density at radius 2 is 1.79 bits per heavy atom. The number of likely N-dealkylation sites (tertiary alicyclic amines) is 1. The van der Waals surface area contributed by atoms with Crippen molar-refractivity contribution in [2.24, 2.45) is 11.3 Å². The molecule has 0 radical (unpaired) electrons. The number of sulfonamides is 1. The molecule has 0 bridgehead atoms. The number of carbonyl (C=O) groups is 1. The Bertz CT molecular complexity index is 1180. The minimum Gasteiger partial charge on any atom is -0.337 e. The summed E-state index contributed by atoms with van der Waals surface area (Å²) in [6, 6.07) is 11.1. The lowest BCUT2D eigenvalue weighted by Crippen LogP contribution is -2.52. The average molecular weight is 493 g/mol. The standard InChI is InChI=1S/C25H27F3N2O3S/c26-15-34(32,33)29-23-21(30(14-25(23)9-10-25)24(31)18-11-19(27)12-18)13-17-7-4-8-20(22(17)28)16-5-2-1-3-6-16/h1-8,18-19,21,23,29H,9-15H2/t18?,19?,21-,23+/m0/s1. The first-order valence-electron chi connectivity index (χ1n) is 11.6. The number of hydrogen-bond donors (Lipinski definition) is 1. The normalized spacial score (nSPS) is 27.6. The summed E-state index contributed by atoms with van der Waals surface area (Å²) >= 11 is 0. The van der Waals surface area contributed by atoms with Crippen LogP contribution in [0, 0.1) is 17.2 Å². The summed E-state index contributed by atoms with van der Waals surface area (Å²) in [4.78, 5) is 14.9. The van der Waals surface area contributed by atoms with Gasteiger partial charge in [-0.05, 0) is 43.2 Å². The molecule has 3 aliphatic rings. The number of halogens is 3. The Hall–Kier alpha value is -2.39. The van der Waals surface area contributed by atoms with Crippen LogP contribution >= 0.6 is 0 Å². The van der Waals surface area contributed by atoms with Crippen LogP contribution in [-0.4, -0.2) is 50.0 Å². The van der Waals surface area contributed by atoms with Crippen molar-refractivity contribution in [1.29, 1.82) is 0 Å². The maximum atomic E-state index is 15.6. The number of nitrogens with zero attached hydrogens (tertiary/aromatic N) is 1. The molecular formula is C25H27F3N2O3S. The molecule has 9 heteroatoms. The maximum absolute atomic E-state index is 15.6. The van der Waals surface area contributed by atoms with Crippen LogP contribution in [0.15, 0.2) is 48.5 Å². The van der Waals surface area contributed by atoms with E-state index >= 15 is 4.39 Å². The van der Waals surface area contributed by atoms with Gasteiger partial charge in [0.1, 0.15) is 12.0 Å². The molecule has 1 amide bonds. The van der Waals surface area contributed by atoms with E-state index in [1.54, 1.807) is 35.2 Å². The fraction of sp³-hybridized carbons (Fsp3) is 0.480. The van der Waals surface area contributed by atoms with E-state index in [1.807, 2.05) is 18.2 Å². The van der Waals surface area contributed by atoms with Crippen LogP contribution in [0.1, 0.15) is 31.2 Å². The average Bonchev–Trinajstić information content (AvgIpc) is 3.53. The van der Waals surface area contributed by atoms with Gasteiger partial charge in [0, 0.05) is 29.5 Å². The van der Waals surface area contributed by atoms with Crippen molar-refractivity contribution in [3.05, 3.63) is 59.9 Å². The second-order valence-electron chi connectivity index (χ2n) is 9.83. The minimum atomic E-state index is -4.20. The lowest BCUT2D eigenvalue weighted by Gasteiger charge is -2.36. The molecule has 1 N–H and O–H groups in total. The van der Waals surface area contributed by atoms with Gasteiger partial charge in [-0.3, -0.25) is 4.79 Å². The minimum absolute atomic E-state index is 0.0746. The van der Waals surface area contributed by atoms with Crippen LogP contribution in [0.25, 0.3) is 11.1 Å². The maximum Gasteiger partial charge on any atom is 0.241 e. The van der Waals surface area contributed by atoms with Gasteiger partial charge < -0.3 is 4.90 Å². The van der Waals surface area contributed by atoms with Crippen LogP contribution < -0.4 is 4.72 Å². The second kappa shape index (κ2) is 8.68. The SMILES string of the molecule is O=C(C1CC(F)C1)N1CC2(CC2)[C@H](NS(=O)(=O)CF)[C@@H]1Cc1cccc(-c2ccccc2)c1F. The quantitative estimate of drug-likeness (QED) is 0.636. The molecule has 2 saturated carbocycles. The van der Waals surface area contributed by atoms with Crippen molar-refractivity contribution >= 4 is 15.9 Å². The summed E-state index contributed by atoms with van der Waals surface area (Å²) in [6.45, 7) is 0.309. The van der Waals surface area contributed by atoms with Gasteiger partial charge in [0.2, 0.25) is 21.9 Å². The molecule has 1 spiro atoms. The molecular weight excluding hydrogens is 465 g/mol. The van der Waals surface area contributed by atoms with Crippen LogP contribution in [0.2, 0.25) is 0 Å². The molecule has 0 aromatic heterocycles. The Labute approximate surface area is 197 Å². The fourth-order valence-corrected chi connectivity index (χ4v) is 6.32. The molecule has 1 aliphatic heterocycles. The molecule has 5 rings (SSSR count). The topological polar surface area (TPSA) is 66.5 Å². The lowest BCUT2D eigenvalue weighted by molar-refractivity contribution is -0.141. The van der Waals surface area contributed by atoms with E-state index < -0.39 is 51.4 Å². The zero-order chi connectivity index (χ0) is 24.1. The molecule has 1 saturated heterocycles. The van der Waals surface area contributed by atoms with E-state index in [0.29, 0.717) is 36.1 Å². The van der Waals surface area contributed by atoms with E-state index in [4.69, 9.17) is 0 Å². The molecule has 34 heavy (non-hydrogen) atoms. The third-order valence-corrected chi connectivity index (χ3v) is 8.48. The fourth-order valence-electron chi connectivity index (χ4n) is 5.46. The third kappa shape index (κ3) is 4.24. The Kier molecular flexibility index (Phi) is 5.96. The highest BCUT2D eigenvalue weighted by molar-refractivity contribution is 7.89. The molecule has 3 fully saturated rings. The van der Waals surface area contributed by atoms with Gasteiger partial charge in [0.25, 0.3) is 0 Å². The highest BCUT2D eigenvalue weighted by atomic mass is 32.2. The zero-order valence-corrected chi connectivity index (χ0v) is 19.4. The first-order chi connectivity index (χ1) is 16.2. The predicted octanol–water partition coefficient (Wildman–Crippen LogP) is 3.99. The molecule has 0 unspecified atom stereocenters. The number of benzene rings is 2. The summed E-state index contributed by atoms with van der Waals surface area (Å²) in [7, 11) is -4.20. The molecule has 2 aromatic rings. The van der Waals surface area contributed by atoms with E-state index in [1.165, 1.54) is 0 Å². The van der Waals surface area contributed by atoms with Crippen molar-refractivity contribution in [3.63, 3.8) is 0 Å². The van der Waals surface area contributed by atoms with Gasteiger partial charge in [-0.25, -0.2) is 26.3 Å². The van der Waals surface area contributed by atoms with Gasteiger partial charge in [0.05, 0.1) is 6.04 Å². The van der Waals surface area contributed by atoms with Crippen molar-refractivity contribution in [1.82, 2.24) is 9.62 Å². The van der Waals surface area contributed by atoms with Gasteiger partial charge >= 0.3 is 0 Å². The van der Waals surface area contributed by atoms with E-state index in [2.05, 4.69) is 4.72 Å². The van der Waals surface area contributed by atoms with Crippen molar-refractivity contribution in [2.45, 2.75) is 50.4 Å². The summed E-state index contributed by atoms with van der Waals surface area (Å²) in [5.74, 6) is -1.12. The van der Waals surface area contributed by atoms with Gasteiger partial charge in [-0.15, -0.1) is 0 Å². The number of carbonyl (C=O) groups excluding carboxylic acids is 1. The highest BCUT2D eigenvalue weighted by Crippen LogP contribution is 2.56. The summed E-state index contributed by atoms with van der Waals surface area (Å²) in [6.07, 6.45) is 0.740.